The molecule has 1 heterocycles. The van der Waals surface area contributed by atoms with Crippen molar-refractivity contribution in [3.63, 3.8) is 0 Å². The van der Waals surface area contributed by atoms with Crippen LogP contribution in [0.2, 0.25) is 0 Å². The van der Waals surface area contributed by atoms with Crippen LogP contribution in [0.1, 0.15) is 23.4 Å². The van der Waals surface area contributed by atoms with Crippen LogP contribution < -0.4 is 14.8 Å². The second-order valence-electron chi connectivity index (χ2n) is 3.98. The first-order chi connectivity index (χ1) is 9.67. The molecule has 0 spiro atoms. The molecule has 0 aliphatic heterocycles. The van der Waals surface area contributed by atoms with E-state index in [0.717, 1.165) is 0 Å². The van der Waals surface area contributed by atoms with Crippen molar-refractivity contribution in [1.82, 2.24) is 15.2 Å². The molecule has 7 nitrogen and oxygen atoms in total. The number of H-pyrrole nitrogens is 1. The Morgan fingerprint density at radius 3 is 2.65 bits per heavy atom. The molecule has 2 N–H and O–H groups in total. The molecular weight excluding hydrogens is 260 g/mol. The van der Waals surface area contributed by atoms with Crippen LogP contribution in [0.3, 0.4) is 0 Å². The summed E-state index contributed by atoms with van der Waals surface area (Å²) in [6.45, 7) is 1.93. The van der Waals surface area contributed by atoms with E-state index in [0.29, 0.717) is 29.4 Å². The number of aryl methyl sites for hydroxylation is 1. The van der Waals surface area contributed by atoms with Gasteiger partial charge in [0.15, 0.2) is 11.5 Å². The molecule has 0 aliphatic carbocycles. The van der Waals surface area contributed by atoms with Crippen molar-refractivity contribution < 1.29 is 14.3 Å². The second-order valence-corrected chi connectivity index (χ2v) is 3.98. The number of aromatic amines is 1. The molecule has 2 aromatic rings. The highest BCUT2D eigenvalue weighted by atomic mass is 16.5. The number of aromatic nitrogens is 3. The number of hydrogen-bond acceptors (Lipinski definition) is 5. The molecule has 0 aliphatic rings. The van der Waals surface area contributed by atoms with Crippen molar-refractivity contribution in [1.29, 1.82) is 0 Å². The minimum absolute atomic E-state index is 0.108. The summed E-state index contributed by atoms with van der Waals surface area (Å²) in [7, 11) is 3.09. The van der Waals surface area contributed by atoms with Crippen molar-refractivity contribution in [2.75, 3.05) is 19.5 Å². The van der Waals surface area contributed by atoms with Crippen LogP contribution in [0.4, 0.5) is 5.69 Å². The van der Waals surface area contributed by atoms with Crippen molar-refractivity contribution >= 4 is 11.6 Å². The maximum atomic E-state index is 12.0. The quantitative estimate of drug-likeness (QED) is 0.866. The number of ether oxygens (including phenoxy) is 2. The van der Waals surface area contributed by atoms with E-state index in [1.807, 2.05) is 6.92 Å². The maximum Gasteiger partial charge on any atom is 0.295 e. The summed E-state index contributed by atoms with van der Waals surface area (Å²) in [5, 5.41) is 9.25. The Hall–Kier alpha value is -2.57. The van der Waals surface area contributed by atoms with Gasteiger partial charge in [0.2, 0.25) is 5.82 Å². The Kier molecular flexibility index (Phi) is 4.19. The molecule has 0 unspecified atom stereocenters. The van der Waals surface area contributed by atoms with Crippen molar-refractivity contribution in [3.8, 4) is 11.5 Å². The maximum absolute atomic E-state index is 12.0. The standard InChI is InChI=1S/C13H16N4O3/c1-4-11-15-12(17-16-11)13(18)14-8-5-6-9(19-2)10(7-8)20-3/h5-7H,4H2,1-3H3,(H,14,18)(H,15,16,17). The predicted molar refractivity (Wildman–Crippen MR) is 73.3 cm³/mol. The molecule has 1 aromatic carbocycles. The van der Waals surface area contributed by atoms with Crippen LogP contribution in [0.5, 0.6) is 11.5 Å². The molecule has 0 bridgehead atoms. The summed E-state index contributed by atoms with van der Waals surface area (Å²) in [6, 6.07) is 5.10. The van der Waals surface area contributed by atoms with Gasteiger partial charge >= 0.3 is 0 Å². The zero-order valence-corrected chi connectivity index (χ0v) is 11.6. The summed E-state index contributed by atoms with van der Waals surface area (Å²) in [5.74, 6) is 1.53. The molecule has 0 saturated heterocycles. The monoisotopic (exact) mass is 276 g/mol. The lowest BCUT2D eigenvalue weighted by molar-refractivity contribution is 0.101. The van der Waals surface area contributed by atoms with E-state index in [1.54, 1.807) is 25.3 Å². The molecule has 1 amide bonds. The smallest absolute Gasteiger partial charge is 0.295 e. The van der Waals surface area contributed by atoms with Crippen LogP contribution in [0, 0.1) is 0 Å². The Balaban J connectivity index is 2.15. The zero-order valence-electron chi connectivity index (χ0n) is 11.6. The minimum atomic E-state index is -0.381. The van der Waals surface area contributed by atoms with Gasteiger partial charge in [0.25, 0.3) is 5.91 Å². The first kappa shape index (κ1) is 13.9. The van der Waals surface area contributed by atoms with E-state index in [2.05, 4.69) is 20.5 Å². The average molecular weight is 276 g/mol. The lowest BCUT2D eigenvalue weighted by Crippen LogP contribution is -2.14. The molecule has 0 atom stereocenters. The lowest BCUT2D eigenvalue weighted by Gasteiger charge is -2.09. The number of nitrogens with zero attached hydrogens (tertiary/aromatic N) is 2. The van der Waals surface area contributed by atoms with Gasteiger partial charge in [-0.05, 0) is 12.1 Å². The number of anilines is 1. The first-order valence-electron chi connectivity index (χ1n) is 6.12. The highest BCUT2D eigenvalue weighted by Gasteiger charge is 2.13. The number of amides is 1. The van der Waals surface area contributed by atoms with Gasteiger partial charge in [-0.2, -0.15) is 0 Å². The highest BCUT2D eigenvalue weighted by Crippen LogP contribution is 2.29. The number of carbonyl (C=O) groups excluding carboxylic acids is 1. The Morgan fingerprint density at radius 2 is 2.05 bits per heavy atom. The summed E-state index contributed by atoms with van der Waals surface area (Å²) >= 11 is 0. The molecule has 2 rings (SSSR count). The highest BCUT2D eigenvalue weighted by molar-refractivity contribution is 6.01. The fourth-order valence-electron chi connectivity index (χ4n) is 1.66. The average Bonchev–Trinajstić information content (AvgIpc) is 2.96. The van der Waals surface area contributed by atoms with Gasteiger partial charge in [0.05, 0.1) is 14.2 Å². The summed E-state index contributed by atoms with van der Waals surface area (Å²) in [5.41, 5.74) is 0.579. The van der Waals surface area contributed by atoms with E-state index < -0.39 is 0 Å². The van der Waals surface area contributed by atoms with Crippen molar-refractivity contribution in [2.24, 2.45) is 0 Å². The molecule has 0 radical (unpaired) electrons. The van der Waals surface area contributed by atoms with Gasteiger partial charge in [0, 0.05) is 18.2 Å². The Labute approximate surface area is 116 Å². The molecule has 1 aromatic heterocycles. The van der Waals surface area contributed by atoms with Crippen LogP contribution >= 0.6 is 0 Å². The van der Waals surface area contributed by atoms with E-state index in [-0.39, 0.29) is 11.7 Å². The summed E-state index contributed by atoms with van der Waals surface area (Å²) in [4.78, 5) is 16.0. The number of nitrogens with one attached hydrogen (secondary N) is 2. The van der Waals surface area contributed by atoms with E-state index in [4.69, 9.17) is 9.47 Å². The van der Waals surface area contributed by atoms with Crippen LogP contribution in [-0.2, 0) is 6.42 Å². The largest absolute Gasteiger partial charge is 0.493 e. The number of methoxy groups -OCH3 is 2. The fraction of sp³-hybridized carbons (Fsp3) is 0.308. The van der Waals surface area contributed by atoms with Crippen molar-refractivity contribution in [2.45, 2.75) is 13.3 Å². The number of benzene rings is 1. The summed E-state index contributed by atoms with van der Waals surface area (Å²) < 4.78 is 10.3. The van der Waals surface area contributed by atoms with Crippen LogP contribution in [0.15, 0.2) is 18.2 Å². The minimum Gasteiger partial charge on any atom is -0.493 e. The molecular formula is C13H16N4O3. The van der Waals surface area contributed by atoms with Crippen molar-refractivity contribution in [3.05, 3.63) is 29.8 Å². The third kappa shape index (κ3) is 2.87. The number of rotatable bonds is 5. The zero-order chi connectivity index (χ0) is 14.5. The topological polar surface area (TPSA) is 89.1 Å². The first-order valence-corrected chi connectivity index (χ1v) is 6.12. The van der Waals surface area contributed by atoms with E-state index in [1.165, 1.54) is 7.11 Å². The summed E-state index contributed by atoms with van der Waals surface area (Å²) in [6.07, 6.45) is 0.691. The molecule has 20 heavy (non-hydrogen) atoms. The Bertz CT molecular complexity index is 609. The van der Waals surface area contributed by atoms with E-state index in [9.17, 15) is 4.79 Å². The van der Waals surface area contributed by atoms with Gasteiger partial charge in [-0.15, -0.1) is 5.10 Å². The van der Waals surface area contributed by atoms with Gasteiger partial charge in [-0.1, -0.05) is 6.92 Å². The normalized spacial score (nSPS) is 10.2. The van der Waals surface area contributed by atoms with Gasteiger partial charge in [0.1, 0.15) is 5.82 Å². The third-order valence-corrected chi connectivity index (χ3v) is 2.71. The van der Waals surface area contributed by atoms with Gasteiger partial charge < -0.3 is 14.8 Å². The van der Waals surface area contributed by atoms with Crippen LogP contribution in [0.25, 0.3) is 0 Å². The molecule has 0 saturated carbocycles. The Morgan fingerprint density at radius 1 is 1.30 bits per heavy atom. The van der Waals surface area contributed by atoms with E-state index >= 15 is 0 Å². The predicted octanol–water partition coefficient (Wildman–Crippen LogP) is 1.64. The second kappa shape index (κ2) is 6.05. The molecule has 0 fully saturated rings. The lowest BCUT2D eigenvalue weighted by atomic mass is 10.2. The SMILES string of the molecule is CCc1nc(C(=O)Nc2ccc(OC)c(OC)c2)n[nH]1. The molecule has 106 valence electrons. The van der Waals surface area contributed by atoms with Crippen LogP contribution in [-0.4, -0.2) is 35.3 Å². The van der Waals surface area contributed by atoms with Gasteiger partial charge in [-0.25, -0.2) is 4.98 Å². The fourth-order valence-corrected chi connectivity index (χ4v) is 1.66. The third-order valence-electron chi connectivity index (χ3n) is 2.71. The number of hydrogen-bond donors (Lipinski definition) is 2. The number of carbonyl (C=O) groups is 1. The molecule has 7 heteroatoms. The van der Waals surface area contributed by atoms with Gasteiger partial charge in [-0.3, -0.25) is 9.89 Å².